The van der Waals surface area contributed by atoms with E-state index in [9.17, 15) is 18.0 Å². The van der Waals surface area contributed by atoms with Crippen LogP contribution in [0, 0.1) is 6.92 Å². The maximum atomic E-state index is 13.8. The fourth-order valence-corrected chi connectivity index (χ4v) is 5.60. The second-order valence-electron chi connectivity index (χ2n) is 8.82. The zero-order valence-corrected chi connectivity index (χ0v) is 23.9. The maximum absolute atomic E-state index is 13.8. The highest BCUT2D eigenvalue weighted by molar-refractivity contribution is 7.92. The van der Waals surface area contributed by atoms with E-state index in [1.165, 1.54) is 35.2 Å². The first-order valence-electron chi connectivity index (χ1n) is 12.2. The van der Waals surface area contributed by atoms with Crippen molar-refractivity contribution in [2.75, 3.05) is 23.9 Å². The summed E-state index contributed by atoms with van der Waals surface area (Å²) in [5.41, 5.74) is 2.06. The van der Waals surface area contributed by atoms with Crippen LogP contribution in [0.5, 0.6) is 0 Å². The summed E-state index contributed by atoms with van der Waals surface area (Å²) in [7, 11) is -4.17. The first kappa shape index (κ1) is 29.5. The molecule has 1 N–H and O–H groups in total. The largest absolute Gasteiger partial charge is 0.355 e. The number of nitrogens with zero attached hydrogens (tertiary/aromatic N) is 2. The Morgan fingerprint density at radius 1 is 0.947 bits per heavy atom. The van der Waals surface area contributed by atoms with Gasteiger partial charge in [-0.1, -0.05) is 71.2 Å². The summed E-state index contributed by atoms with van der Waals surface area (Å²) in [5, 5.41) is 3.15. The van der Waals surface area contributed by atoms with Crippen molar-refractivity contribution >= 4 is 50.7 Å². The average Bonchev–Trinajstić information content (AvgIpc) is 2.90. The number of hydrogen-bond acceptors (Lipinski definition) is 4. The van der Waals surface area contributed by atoms with Gasteiger partial charge in [0.05, 0.1) is 20.6 Å². The second-order valence-corrected chi connectivity index (χ2v) is 11.5. The van der Waals surface area contributed by atoms with E-state index in [-0.39, 0.29) is 33.1 Å². The van der Waals surface area contributed by atoms with Gasteiger partial charge in [-0.3, -0.25) is 13.9 Å². The lowest BCUT2D eigenvalue weighted by molar-refractivity contribution is -0.138. The fourth-order valence-electron chi connectivity index (χ4n) is 3.90. The predicted molar refractivity (Wildman–Crippen MR) is 152 cm³/mol. The topological polar surface area (TPSA) is 86.8 Å². The molecule has 0 aliphatic carbocycles. The lowest BCUT2D eigenvalue weighted by Gasteiger charge is -2.32. The van der Waals surface area contributed by atoms with E-state index in [1.807, 2.05) is 37.3 Å². The zero-order valence-electron chi connectivity index (χ0n) is 21.5. The normalized spacial score (nSPS) is 12.0. The van der Waals surface area contributed by atoms with Gasteiger partial charge in [0.15, 0.2) is 0 Å². The van der Waals surface area contributed by atoms with E-state index in [4.69, 9.17) is 23.2 Å². The molecule has 0 saturated heterocycles. The Kier molecular flexibility index (Phi) is 10.2. The van der Waals surface area contributed by atoms with Crippen LogP contribution in [0.2, 0.25) is 10.0 Å². The Hall–Kier alpha value is -3.07. The van der Waals surface area contributed by atoms with Gasteiger partial charge in [-0.15, -0.1) is 0 Å². The molecule has 2 amide bonds. The molecule has 7 nitrogen and oxygen atoms in total. The van der Waals surface area contributed by atoms with Crippen LogP contribution in [0.25, 0.3) is 0 Å². The van der Waals surface area contributed by atoms with Crippen molar-refractivity contribution in [2.24, 2.45) is 0 Å². The van der Waals surface area contributed by atoms with E-state index in [1.54, 1.807) is 26.0 Å². The molecule has 3 rings (SSSR count). The first-order valence-corrected chi connectivity index (χ1v) is 14.4. The third-order valence-corrected chi connectivity index (χ3v) is 8.61. The van der Waals surface area contributed by atoms with Crippen molar-refractivity contribution in [1.82, 2.24) is 10.2 Å². The van der Waals surface area contributed by atoms with Gasteiger partial charge in [-0.2, -0.15) is 0 Å². The number of halogens is 2. The quantitative estimate of drug-likeness (QED) is 0.345. The molecule has 3 aromatic carbocycles. The van der Waals surface area contributed by atoms with Gasteiger partial charge in [0, 0.05) is 13.1 Å². The Balaban J connectivity index is 2.00. The van der Waals surface area contributed by atoms with Gasteiger partial charge in [0.25, 0.3) is 10.0 Å². The van der Waals surface area contributed by atoms with Crippen LogP contribution in [0.4, 0.5) is 5.69 Å². The summed E-state index contributed by atoms with van der Waals surface area (Å²) < 4.78 is 28.6. The van der Waals surface area contributed by atoms with Crippen LogP contribution in [0.1, 0.15) is 25.0 Å². The number of carbonyl (C=O) groups is 2. The molecule has 0 saturated carbocycles. The highest BCUT2D eigenvalue weighted by Gasteiger charge is 2.32. The standard InChI is InChI=1S/C28H31Cl2N3O4S/c1-4-31-28(35)21(3)32(17-16-22-8-6-5-7-9-22)27(34)19-33(23-12-15-25(29)26(30)18-23)38(36,37)24-13-10-20(2)11-14-24/h5-15,18,21H,4,16-17,19H2,1-3H3,(H,31,35). The van der Waals surface area contributed by atoms with Crippen molar-refractivity contribution in [3.05, 3.63) is 94.0 Å². The molecule has 1 unspecified atom stereocenters. The van der Waals surface area contributed by atoms with Gasteiger partial charge in [-0.25, -0.2) is 8.42 Å². The van der Waals surface area contributed by atoms with Gasteiger partial charge in [0.2, 0.25) is 11.8 Å². The SMILES string of the molecule is CCNC(=O)C(C)N(CCc1ccccc1)C(=O)CN(c1ccc(Cl)c(Cl)c1)S(=O)(=O)c1ccc(C)cc1. The van der Waals surface area contributed by atoms with Gasteiger partial charge < -0.3 is 10.2 Å². The van der Waals surface area contributed by atoms with Crippen molar-refractivity contribution < 1.29 is 18.0 Å². The molecule has 3 aromatic rings. The number of rotatable bonds is 11. The molecule has 0 radical (unpaired) electrons. The number of nitrogens with one attached hydrogen (secondary N) is 1. The molecule has 0 spiro atoms. The molecular weight excluding hydrogens is 545 g/mol. The van der Waals surface area contributed by atoms with Crippen LogP contribution in [-0.2, 0) is 26.0 Å². The molecule has 38 heavy (non-hydrogen) atoms. The monoisotopic (exact) mass is 575 g/mol. The molecule has 1 atom stereocenters. The lowest BCUT2D eigenvalue weighted by Crippen LogP contribution is -2.52. The Morgan fingerprint density at radius 2 is 1.61 bits per heavy atom. The number of sulfonamides is 1. The van der Waals surface area contributed by atoms with E-state index < -0.39 is 28.5 Å². The number of likely N-dealkylation sites (N-methyl/N-ethyl adjacent to an activating group) is 1. The minimum absolute atomic E-state index is 0.0228. The molecule has 0 aliphatic heterocycles. The van der Waals surface area contributed by atoms with E-state index in [0.717, 1.165) is 15.4 Å². The molecular formula is C28H31Cl2N3O4S. The summed E-state index contributed by atoms with van der Waals surface area (Å²) in [4.78, 5) is 27.9. The number of carbonyl (C=O) groups excluding carboxylic acids is 2. The van der Waals surface area contributed by atoms with E-state index in [0.29, 0.717) is 13.0 Å². The lowest BCUT2D eigenvalue weighted by atomic mass is 10.1. The second kappa shape index (κ2) is 13.1. The number of aryl methyl sites for hydroxylation is 1. The summed E-state index contributed by atoms with van der Waals surface area (Å²) >= 11 is 12.3. The minimum Gasteiger partial charge on any atom is -0.355 e. The van der Waals surface area contributed by atoms with Crippen molar-refractivity contribution in [1.29, 1.82) is 0 Å². The molecule has 0 heterocycles. The van der Waals surface area contributed by atoms with E-state index >= 15 is 0 Å². The highest BCUT2D eigenvalue weighted by atomic mass is 35.5. The third kappa shape index (κ3) is 7.28. The molecule has 0 fully saturated rings. The van der Waals surface area contributed by atoms with Crippen LogP contribution < -0.4 is 9.62 Å². The van der Waals surface area contributed by atoms with Gasteiger partial charge in [0.1, 0.15) is 12.6 Å². The first-order chi connectivity index (χ1) is 18.0. The average molecular weight is 577 g/mol. The predicted octanol–water partition coefficient (Wildman–Crippen LogP) is 5.09. The molecule has 10 heteroatoms. The minimum atomic E-state index is -4.17. The van der Waals surface area contributed by atoms with Crippen LogP contribution >= 0.6 is 23.2 Å². The third-order valence-electron chi connectivity index (χ3n) is 6.08. The van der Waals surface area contributed by atoms with Crippen LogP contribution in [0.3, 0.4) is 0 Å². The van der Waals surface area contributed by atoms with Crippen molar-refractivity contribution in [3.63, 3.8) is 0 Å². The van der Waals surface area contributed by atoms with Crippen LogP contribution in [-0.4, -0.2) is 50.8 Å². The Morgan fingerprint density at radius 3 is 2.21 bits per heavy atom. The van der Waals surface area contributed by atoms with Gasteiger partial charge >= 0.3 is 0 Å². The molecule has 0 aliphatic rings. The van der Waals surface area contributed by atoms with Crippen LogP contribution in [0.15, 0.2) is 77.7 Å². The highest BCUT2D eigenvalue weighted by Crippen LogP contribution is 2.31. The Bertz CT molecular complexity index is 1370. The van der Waals surface area contributed by atoms with Crippen molar-refractivity contribution in [2.45, 2.75) is 38.1 Å². The molecule has 202 valence electrons. The van der Waals surface area contributed by atoms with Gasteiger partial charge in [-0.05, 0) is 63.1 Å². The summed E-state index contributed by atoms with van der Waals surface area (Å²) in [6.07, 6.45) is 0.494. The summed E-state index contributed by atoms with van der Waals surface area (Å²) in [6.45, 7) is 5.37. The molecule has 0 bridgehead atoms. The maximum Gasteiger partial charge on any atom is 0.264 e. The molecule has 0 aromatic heterocycles. The number of benzene rings is 3. The number of anilines is 1. The fraction of sp³-hybridized carbons (Fsp3) is 0.286. The smallest absolute Gasteiger partial charge is 0.264 e. The van der Waals surface area contributed by atoms with E-state index in [2.05, 4.69) is 5.32 Å². The zero-order chi connectivity index (χ0) is 27.9. The van der Waals surface area contributed by atoms with Crippen molar-refractivity contribution in [3.8, 4) is 0 Å². The summed E-state index contributed by atoms with van der Waals surface area (Å²) in [6, 6.07) is 19.5. The number of hydrogen-bond donors (Lipinski definition) is 1. The number of amides is 2. The summed E-state index contributed by atoms with van der Waals surface area (Å²) in [5.74, 6) is -0.849. The Labute approximate surface area is 234 Å².